The molecule has 10 heteroatoms. The van der Waals surface area contributed by atoms with Gasteiger partial charge in [-0.1, -0.05) is 23.7 Å². The van der Waals surface area contributed by atoms with Crippen LogP contribution in [0.25, 0.3) is 11.0 Å². The highest BCUT2D eigenvalue weighted by atomic mass is 35.5. The zero-order valence-corrected chi connectivity index (χ0v) is 24.8. The monoisotopic (exact) mass is 575 g/mol. The van der Waals surface area contributed by atoms with E-state index in [2.05, 4.69) is 48.7 Å². The molecule has 0 radical (unpaired) electrons. The molecular formula is C31H38ClN7O2. The molecule has 0 bridgehead atoms. The van der Waals surface area contributed by atoms with Gasteiger partial charge in [-0.05, 0) is 55.8 Å². The molecule has 0 atom stereocenters. The molecule has 9 nitrogen and oxygen atoms in total. The van der Waals surface area contributed by atoms with Crippen molar-refractivity contribution in [2.75, 3.05) is 70.8 Å². The molecule has 4 heterocycles. The summed E-state index contributed by atoms with van der Waals surface area (Å²) in [6, 6.07) is 16.9. The number of piperazine rings is 1. The number of likely N-dealkylation sites (N-methyl/N-ethyl adjacent to an activating group) is 1. The number of methoxy groups -OCH3 is 2. The molecule has 6 rings (SSSR count). The van der Waals surface area contributed by atoms with Crippen molar-refractivity contribution in [3.05, 3.63) is 65.4 Å². The van der Waals surface area contributed by atoms with Crippen LogP contribution >= 0.6 is 11.6 Å². The molecule has 216 valence electrons. The first-order chi connectivity index (χ1) is 20.0. The number of ether oxygens (including phenoxy) is 2. The Morgan fingerprint density at radius 3 is 2.37 bits per heavy atom. The number of nitrogens with one attached hydrogen (secondary N) is 1. The van der Waals surface area contributed by atoms with Crippen molar-refractivity contribution in [2.45, 2.75) is 25.4 Å². The second-order valence-electron chi connectivity index (χ2n) is 10.9. The standard InChI is InChI=1S/C31H38ClN7O2/c1-36-16-18-38(19-17-36)23-10-13-37(14-11-23)24-6-9-27(28(20-24)41-3)33-31-34-29(32)26-12-15-39(30(26)35-31)21-22-4-7-25(40-2)8-5-22/h4-9,12,15,20,23H,10-11,13-14,16-19,21H2,1-3H3,(H,33,34,35). The summed E-state index contributed by atoms with van der Waals surface area (Å²) >= 11 is 6.60. The molecule has 0 spiro atoms. The van der Waals surface area contributed by atoms with E-state index in [0.29, 0.717) is 23.7 Å². The molecule has 2 aromatic carbocycles. The number of nitrogens with zero attached hydrogens (tertiary/aromatic N) is 6. The number of halogens is 1. The predicted molar refractivity (Wildman–Crippen MR) is 165 cm³/mol. The lowest BCUT2D eigenvalue weighted by molar-refractivity contribution is 0.0982. The minimum Gasteiger partial charge on any atom is -0.497 e. The smallest absolute Gasteiger partial charge is 0.230 e. The van der Waals surface area contributed by atoms with Crippen LogP contribution in [0.4, 0.5) is 17.3 Å². The second kappa shape index (κ2) is 12.1. The quantitative estimate of drug-likeness (QED) is 0.291. The molecule has 2 aliphatic heterocycles. The molecule has 2 fully saturated rings. The lowest BCUT2D eigenvalue weighted by Crippen LogP contribution is -2.52. The van der Waals surface area contributed by atoms with Gasteiger partial charge in [-0.15, -0.1) is 0 Å². The molecule has 2 aliphatic rings. The predicted octanol–water partition coefficient (Wildman–Crippen LogP) is 5.11. The van der Waals surface area contributed by atoms with Crippen molar-refractivity contribution in [3.63, 3.8) is 0 Å². The van der Waals surface area contributed by atoms with E-state index in [-0.39, 0.29) is 0 Å². The minimum atomic E-state index is 0.407. The summed E-state index contributed by atoms with van der Waals surface area (Å²) in [5.41, 5.74) is 3.87. The molecule has 0 aliphatic carbocycles. The molecule has 0 amide bonds. The van der Waals surface area contributed by atoms with E-state index in [4.69, 9.17) is 26.1 Å². The second-order valence-corrected chi connectivity index (χ2v) is 11.3. The summed E-state index contributed by atoms with van der Waals surface area (Å²) in [7, 11) is 5.58. The van der Waals surface area contributed by atoms with Crippen LogP contribution in [-0.4, -0.2) is 90.9 Å². The minimum absolute atomic E-state index is 0.407. The molecule has 2 saturated heterocycles. The van der Waals surface area contributed by atoms with Gasteiger partial charge < -0.3 is 29.2 Å². The van der Waals surface area contributed by atoms with Crippen molar-refractivity contribution in [3.8, 4) is 11.5 Å². The molecule has 2 aromatic heterocycles. The fraction of sp³-hybridized carbons (Fsp3) is 0.419. The lowest BCUT2D eigenvalue weighted by Gasteiger charge is -2.42. The van der Waals surface area contributed by atoms with Crippen LogP contribution < -0.4 is 19.7 Å². The van der Waals surface area contributed by atoms with Gasteiger partial charge in [0.1, 0.15) is 22.3 Å². The van der Waals surface area contributed by atoms with Crippen LogP contribution in [-0.2, 0) is 6.54 Å². The first kappa shape index (κ1) is 27.6. The van der Waals surface area contributed by atoms with E-state index >= 15 is 0 Å². The number of hydrogen-bond donors (Lipinski definition) is 1. The van der Waals surface area contributed by atoms with Crippen LogP contribution in [0, 0.1) is 0 Å². The average molecular weight is 576 g/mol. The Bertz CT molecular complexity index is 1480. The summed E-state index contributed by atoms with van der Waals surface area (Å²) in [6.07, 6.45) is 4.37. The zero-order chi connectivity index (χ0) is 28.3. The largest absolute Gasteiger partial charge is 0.497 e. The molecule has 0 saturated carbocycles. The van der Waals surface area contributed by atoms with Gasteiger partial charge >= 0.3 is 0 Å². The lowest BCUT2D eigenvalue weighted by atomic mass is 10.0. The van der Waals surface area contributed by atoms with Crippen LogP contribution in [0.3, 0.4) is 0 Å². The summed E-state index contributed by atoms with van der Waals surface area (Å²) in [5.74, 6) is 2.01. The fourth-order valence-corrected chi connectivity index (χ4v) is 6.14. The Labute approximate surface area is 246 Å². The summed E-state index contributed by atoms with van der Waals surface area (Å²) in [4.78, 5) is 16.9. The van der Waals surface area contributed by atoms with E-state index < -0.39 is 0 Å². The van der Waals surface area contributed by atoms with Crippen molar-refractivity contribution in [2.24, 2.45) is 0 Å². The Hall–Kier alpha value is -3.53. The number of piperidine rings is 1. The van der Waals surface area contributed by atoms with E-state index in [0.717, 1.165) is 46.9 Å². The van der Waals surface area contributed by atoms with E-state index in [9.17, 15) is 0 Å². The van der Waals surface area contributed by atoms with Crippen molar-refractivity contribution in [1.82, 2.24) is 24.3 Å². The van der Waals surface area contributed by atoms with Gasteiger partial charge in [0.2, 0.25) is 5.95 Å². The summed E-state index contributed by atoms with van der Waals surface area (Å²) < 4.78 is 13.1. The van der Waals surface area contributed by atoms with Crippen LogP contribution in [0.5, 0.6) is 11.5 Å². The van der Waals surface area contributed by atoms with Crippen molar-refractivity contribution in [1.29, 1.82) is 0 Å². The molecule has 1 N–H and O–H groups in total. The Kier molecular flexibility index (Phi) is 8.18. The van der Waals surface area contributed by atoms with Crippen LogP contribution in [0.1, 0.15) is 18.4 Å². The number of rotatable bonds is 8. The number of benzene rings is 2. The Balaban J connectivity index is 1.16. The zero-order valence-electron chi connectivity index (χ0n) is 24.0. The van der Waals surface area contributed by atoms with Crippen LogP contribution in [0.15, 0.2) is 54.7 Å². The molecule has 4 aromatic rings. The Morgan fingerprint density at radius 1 is 0.902 bits per heavy atom. The van der Waals surface area contributed by atoms with E-state index in [1.165, 1.54) is 44.7 Å². The topological polar surface area (TPSA) is 70.9 Å². The highest BCUT2D eigenvalue weighted by Crippen LogP contribution is 2.34. The first-order valence-electron chi connectivity index (χ1n) is 14.3. The van der Waals surface area contributed by atoms with Crippen molar-refractivity contribution >= 4 is 40.0 Å². The van der Waals surface area contributed by atoms with Gasteiger partial charge in [-0.3, -0.25) is 4.90 Å². The van der Waals surface area contributed by atoms with Gasteiger partial charge in [0.05, 0.1) is 25.3 Å². The number of fused-ring (bicyclic) bond motifs is 1. The highest BCUT2D eigenvalue weighted by Gasteiger charge is 2.27. The maximum absolute atomic E-state index is 6.60. The summed E-state index contributed by atoms with van der Waals surface area (Å²) in [6.45, 7) is 7.45. The number of anilines is 3. The fourth-order valence-electron chi connectivity index (χ4n) is 5.92. The summed E-state index contributed by atoms with van der Waals surface area (Å²) in [5, 5.41) is 4.57. The average Bonchev–Trinajstić information content (AvgIpc) is 3.41. The van der Waals surface area contributed by atoms with E-state index in [1.807, 2.05) is 42.6 Å². The van der Waals surface area contributed by atoms with E-state index in [1.54, 1.807) is 14.2 Å². The van der Waals surface area contributed by atoms with Crippen LogP contribution in [0.2, 0.25) is 5.15 Å². The van der Waals surface area contributed by atoms with Gasteiger partial charge in [0.25, 0.3) is 0 Å². The molecule has 0 unspecified atom stereocenters. The third kappa shape index (κ3) is 6.07. The number of aromatic nitrogens is 3. The normalized spacial score (nSPS) is 17.2. The number of hydrogen-bond acceptors (Lipinski definition) is 8. The van der Waals surface area contributed by atoms with Crippen molar-refractivity contribution < 1.29 is 9.47 Å². The maximum Gasteiger partial charge on any atom is 0.230 e. The third-order valence-electron chi connectivity index (χ3n) is 8.40. The Morgan fingerprint density at radius 2 is 1.66 bits per heavy atom. The molecule has 41 heavy (non-hydrogen) atoms. The van der Waals surface area contributed by atoms with Gasteiger partial charge in [-0.25, -0.2) is 4.98 Å². The molecular weight excluding hydrogens is 538 g/mol. The maximum atomic E-state index is 6.60. The van der Waals surface area contributed by atoms with Gasteiger partial charge in [0, 0.05) is 69.8 Å². The van der Waals surface area contributed by atoms with Gasteiger partial charge in [-0.2, -0.15) is 4.98 Å². The SMILES string of the molecule is COc1ccc(Cn2ccc3c(Cl)nc(Nc4ccc(N5CCC(N6CCN(C)CC6)CC5)cc4OC)nc32)cc1. The van der Waals surface area contributed by atoms with Gasteiger partial charge in [0.15, 0.2) is 0 Å². The highest BCUT2D eigenvalue weighted by molar-refractivity contribution is 6.34. The third-order valence-corrected chi connectivity index (χ3v) is 8.69. The first-order valence-corrected chi connectivity index (χ1v) is 14.7.